The van der Waals surface area contributed by atoms with Crippen LogP contribution >= 0.6 is 0 Å². The van der Waals surface area contributed by atoms with Gasteiger partial charge in [-0.3, -0.25) is 14.6 Å². The van der Waals surface area contributed by atoms with Crippen LogP contribution in [0, 0.1) is 5.92 Å². The van der Waals surface area contributed by atoms with E-state index in [9.17, 15) is 14.7 Å². The van der Waals surface area contributed by atoms with Crippen molar-refractivity contribution in [2.24, 2.45) is 11.7 Å². The fraction of sp³-hybridized carbons (Fsp3) is 0.424. The topological polar surface area (TPSA) is 117 Å². The van der Waals surface area contributed by atoms with Gasteiger partial charge >= 0.3 is 0 Å². The second-order valence-corrected chi connectivity index (χ2v) is 12.0. The molecule has 0 atom stereocenters. The van der Waals surface area contributed by atoms with E-state index in [4.69, 9.17) is 10.7 Å². The number of rotatable bonds is 8. The molecule has 0 radical (unpaired) electrons. The van der Waals surface area contributed by atoms with Crippen molar-refractivity contribution >= 4 is 17.5 Å². The molecule has 0 bridgehead atoms. The first-order valence-corrected chi connectivity index (χ1v) is 14.4. The van der Waals surface area contributed by atoms with Gasteiger partial charge in [0, 0.05) is 35.5 Å². The summed E-state index contributed by atoms with van der Waals surface area (Å²) < 4.78 is 0. The van der Waals surface area contributed by atoms with E-state index in [2.05, 4.69) is 10.6 Å². The Hall–Kier alpha value is -3.55. The van der Waals surface area contributed by atoms with Crippen LogP contribution < -0.4 is 16.4 Å². The van der Waals surface area contributed by atoms with Crippen LogP contribution in [-0.4, -0.2) is 33.5 Å². The van der Waals surface area contributed by atoms with Crippen molar-refractivity contribution in [3.8, 4) is 22.4 Å². The molecule has 2 fully saturated rings. The Morgan fingerprint density at radius 1 is 0.975 bits per heavy atom. The fourth-order valence-corrected chi connectivity index (χ4v) is 6.39. The highest BCUT2D eigenvalue weighted by atomic mass is 16.3. The van der Waals surface area contributed by atoms with Gasteiger partial charge in [0.15, 0.2) is 0 Å². The molecule has 2 aromatic carbocycles. The number of hydrogen-bond donors (Lipinski definition) is 4. The number of nitrogens with zero attached hydrogens (tertiary/aromatic N) is 1. The van der Waals surface area contributed by atoms with E-state index < -0.39 is 11.1 Å². The lowest BCUT2D eigenvalue weighted by molar-refractivity contribution is -0.122. The standard InChI is InChI=1S/C33H40N4O3/c1-3-29(38)36-26-15-9-22(10-16-26)17-30(39)37-27-18-28(23-7-5-4-6-8-23)31(35-19-27)24-11-13-25(14-12-24)33(34)20-32(2,40)21-33/h4-8,11-14,18-19,22,26,40H,3,9-10,15-17,20-21,34H2,1-2H3,(H,36,38)(H,37,39). The average Bonchev–Trinajstić information content (AvgIpc) is 2.93. The van der Waals surface area contributed by atoms with Crippen LogP contribution in [-0.2, 0) is 15.1 Å². The zero-order valence-electron chi connectivity index (χ0n) is 23.5. The van der Waals surface area contributed by atoms with Crippen molar-refractivity contribution in [1.82, 2.24) is 10.3 Å². The van der Waals surface area contributed by atoms with Crippen molar-refractivity contribution in [1.29, 1.82) is 0 Å². The average molecular weight is 541 g/mol. The summed E-state index contributed by atoms with van der Waals surface area (Å²) in [6.45, 7) is 3.69. The lowest BCUT2D eigenvalue weighted by atomic mass is 9.63. The van der Waals surface area contributed by atoms with Crippen molar-refractivity contribution in [3.63, 3.8) is 0 Å². The molecule has 2 saturated carbocycles. The molecule has 1 aromatic heterocycles. The minimum atomic E-state index is -0.707. The third-order valence-electron chi connectivity index (χ3n) is 8.39. The van der Waals surface area contributed by atoms with Gasteiger partial charge in [-0.1, -0.05) is 61.5 Å². The normalized spacial score (nSPS) is 26.0. The fourth-order valence-electron chi connectivity index (χ4n) is 6.39. The summed E-state index contributed by atoms with van der Waals surface area (Å²) in [5.74, 6) is 0.404. The summed E-state index contributed by atoms with van der Waals surface area (Å²) in [4.78, 5) is 29.4. The summed E-state index contributed by atoms with van der Waals surface area (Å²) in [5, 5.41) is 16.3. The molecule has 2 amide bonds. The van der Waals surface area contributed by atoms with Crippen LogP contribution in [0.3, 0.4) is 0 Å². The van der Waals surface area contributed by atoms with Gasteiger partial charge in [-0.2, -0.15) is 0 Å². The van der Waals surface area contributed by atoms with Crippen molar-refractivity contribution in [3.05, 3.63) is 72.4 Å². The Kier molecular flexibility index (Phi) is 8.06. The van der Waals surface area contributed by atoms with Gasteiger partial charge in [-0.25, -0.2) is 0 Å². The highest BCUT2D eigenvalue weighted by Crippen LogP contribution is 2.46. The molecule has 210 valence electrons. The zero-order valence-corrected chi connectivity index (χ0v) is 23.5. The van der Waals surface area contributed by atoms with Gasteiger partial charge in [0.1, 0.15) is 0 Å². The minimum Gasteiger partial charge on any atom is -0.390 e. The zero-order chi connectivity index (χ0) is 28.3. The molecule has 7 heteroatoms. The Morgan fingerprint density at radius 2 is 1.65 bits per heavy atom. The second kappa shape index (κ2) is 11.5. The van der Waals surface area contributed by atoms with E-state index in [1.54, 1.807) is 6.20 Å². The monoisotopic (exact) mass is 540 g/mol. The Balaban J connectivity index is 1.29. The van der Waals surface area contributed by atoms with E-state index in [0.717, 1.165) is 53.6 Å². The first-order chi connectivity index (χ1) is 19.1. The van der Waals surface area contributed by atoms with Crippen molar-refractivity contribution < 1.29 is 14.7 Å². The van der Waals surface area contributed by atoms with E-state index in [-0.39, 0.29) is 17.9 Å². The smallest absolute Gasteiger partial charge is 0.224 e. The van der Waals surface area contributed by atoms with Crippen molar-refractivity contribution in [2.45, 2.75) is 82.4 Å². The number of anilines is 1. The Labute approximate surface area is 236 Å². The lowest BCUT2D eigenvalue weighted by Crippen LogP contribution is -2.58. The summed E-state index contributed by atoms with van der Waals surface area (Å²) in [6.07, 6.45) is 7.48. The SMILES string of the molecule is CCC(=O)NC1CCC(CC(=O)Nc2cnc(-c3ccc(C4(N)CC(C)(O)C4)cc3)c(-c3ccccc3)c2)CC1. The number of nitrogens with one attached hydrogen (secondary N) is 2. The maximum atomic E-state index is 13.0. The number of hydrogen-bond acceptors (Lipinski definition) is 5. The number of aromatic nitrogens is 1. The number of amides is 2. The summed E-state index contributed by atoms with van der Waals surface area (Å²) in [7, 11) is 0. The molecule has 40 heavy (non-hydrogen) atoms. The number of nitrogens with two attached hydrogens (primary N) is 1. The highest BCUT2D eigenvalue weighted by Gasteiger charge is 2.49. The third-order valence-corrected chi connectivity index (χ3v) is 8.39. The van der Waals surface area contributed by atoms with Crippen LogP contribution in [0.15, 0.2) is 66.9 Å². The molecule has 3 aromatic rings. The number of carbonyl (C=O) groups is 2. The first kappa shape index (κ1) is 28.0. The summed E-state index contributed by atoms with van der Waals surface area (Å²) >= 11 is 0. The quantitative estimate of drug-likeness (QED) is 0.300. The molecule has 5 N–H and O–H groups in total. The van der Waals surface area contributed by atoms with E-state index >= 15 is 0 Å². The molecule has 2 aliphatic carbocycles. The van der Waals surface area contributed by atoms with Crippen molar-refractivity contribution in [2.75, 3.05) is 5.32 Å². The van der Waals surface area contributed by atoms with E-state index in [1.165, 1.54) is 0 Å². The molecule has 0 unspecified atom stereocenters. The Morgan fingerprint density at radius 3 is 2.27 bits per heavy atom. The Bertz CT molecular complexity index is 1340. The summed E-state index contributed by atoms with van der Waals surface area (Å²) in [5.41, 5.74) is 10.8. The molecule has 0 saturated heterocycles. The van der Waals surface area contributed by atoms with Crippen LogP contribution in [0.2, 0.25) is 0 Å². The maximum absolute atomic E-state index is 13.0. The second-order valence-electron chi connectivity index (χ2n) is 12.0. The summed E-state index contributed by atoms with van der Waals surface area (Å²) in [6, 6.07) is 20.4. The van der Waals surface area contributed by atoms with Gasteiger partial charge < -0.3 is 21.5 Å². The largest absolute Gasteiger partial charge is 0.390 e. The highest BCUT2D eigenvalue weighted by molar-refractivity contribution is 5.93. The first-order valence-electron chi connectivity index (χ1n) is 14.4. The number of carbonyl (C=O) groups excluding carboxylic acids is 2. The number of pyridine rings is 1. The van der Waals surface area contributed by atoms with Gasteiger partial charge in [-0.15, -0.1) is 0 Å². The molecule has 2 aliphatic rings. The molecular weight excluding hydrogens is 500 g/mol. The van der Waals surface area contributed by atoms with Gasteiger partial charge in [0.05, 0.1) is 23.2 Å². The van der Waals surface area contributed by atoms with Gasteiger partial charge in [0.25, 0.3) is 0 Å². The van der Waals surface area contributed by atoms with Crippen LogP contribution in [0.1, 0.15) is 70.8 Å². The maximum Gasteiger partial charge on any atom is 0.224 e. The van der Waals surface area contributed by atoms with Crippen LogP contribution in [0.4, 0.5) is 5.69 Å². The van der Waals surface area contributed by atoms with E-state index in [1.807, 2.05) is 74.5 Å². The van der Waals surface area contributed by atoms with Crippen LogP contribution in [0.25, 0.3) is 22.4 Å². The van der Waals surface area contributed by atoms with Gasteiger partial charge in [-0.05, 0) is 68.6 Å². The predicted molar refractivity (Wildman–Crippen MR) is 158 cm³/mol. The molecule has 1 heterocycles. The predicted octanol–water partition coefficient (Wildman–Crippen LogP) is 5.53. The molecule has 0 spiro atoms. The number of aliphatic hydroxyl groups is 1. The molecular formula is C33H40N4O3. The van der Waals surface area contributed by atoms with E-state index in [0.29, 0.717) is 37.3 Å². The third kappa shape index (κ3) is 6.43. The minimum absolute atomic E-state index is 0.0106. The molecule has 0 aliphatic heterocycles. The molecule has 7 nitrogen and oxygen atoms in total. The number of benzene rings is 2. The van der Waals surface area contributed by atoms with Crippen LogP contribution in [0.5, 0.6) is 0 Å². The molecule has 5 rings (SSSR count). The lowest BCUT2D eigenvalue weighted by Gasteiger charge is -2.49. The van der Waals surface area contributed by atoms with Gasteiger partial charge in [0.2, 0.25) is 11.8 Å².